The lowest BCUT2D eigenvalue weighted by Gasteiger charge is -2.08. The molecule has 0 bridgehead atoms. The zero-order valence-electron chi connectivity index (χ0n) is 16.4. The Hall–Kier alpha value is -2.41. The predicted molar refractivity (Wildman–Crippen MR) is 126 cm³/mol. The van der Waals surface area contributed by atoms with Gasteiger partial charge in [-0.2, -0.15) is 0 Å². The first kappa shape index (κ1) is 21.8. The molecular weight excluding hydrogens is 473 g/mol. The van der Waals surface area contributed by atoms with Gasteiger partial charge in [0.15, 0.2) is 9.50 Å². The van der Waals surface area contributed by atoms with Crippen molar-refractivity contribution in [1.82, 2.24) is 30.6 Å². The molecule has 4 rings (SSSR count). The molecule has 12 heteroatoms. The van der Waals surface area contributed by atoms with Crippen LogP contribution in [0.15, 0.2) is 51.3 Å². The Morgan fingerprint density at radius 2 is 1.97 bits per heavy atom. The first-order valence-electron chi connectivity index (χ1n) is 9.30. The second-order valence-corrected chi connectivity index (χ2v) is 10.3. The molecule has 0 saturated carbocycles. The van der Waals surface area contributed by atoms with Crippen LogP contribution in [0.1, 0.15) is 22.4 Å². The molecule has 8 nitrogen and oxygen atoms in total. The van der Waals surface area contributed by atoms with Gasteiger partial charge in [-0.05, 0) is 30.5 Å². The molecule has 0 atom stereocenters. The quantitative estimate of drug-likeness (QED) is 0.286. The van der Waals surface area contributed by atoms with E-state index < -0.39 is 0 Å². The van der Waals surface area contributed by atoms with Gasteiger partial charge in [-0.3, -0.25) is 20.4 Å². The van der Waals surface area contributed by atoms with E-state index in [0.29, 0.717) is 22.3 Å². The molecule has 0 unspecified atom stereocenters. The number of fused-ring (bicyclic) bond motifs is 1. The highest BCUT2D eigenvalue weighted by Gasteiger charge is 2.15. The van der Waals surface area contributed by atoms with E-state index in [1.807, 2.05) is 29.7 Å². The third-order valence-electron chi connectivity index (χ3n) is 4.10. The highest BCUT2D eigenvalue weighted by molar-refractivity contribution is 8.00. The fourth-order valence-electron chi connectivity index (χ4n) is 2.65. The van der Waals surface area contributed by atoms with Crippen molar-refractivity contribution < 1.29 is 9.59 Å². The van der Waals surface area contributed by atoms with E-state index in [-0.39, 0.29) is 17.6 Å². The number of thiazole rings is 1. The molecular formula is C19H18N6O2S4. The summed E-state index contributed by atoms with van der Waals surface area (Å²) in [5.74, 6) is 0.948. The molecule has 2 N–H and O–H groups in total. The molecule has 0 aliphatic carbocycles. The number of benzene rings is 1. The van der Waals surface area contributed by atoms with E-state index in [0.717, 1.165) is 20.4 Å². The third kappa shape index (κ3) is 5.45. The number of thiophene rings is 1. The molecule has 2 amide bonds. The lowest BCUT2D eigenvalue weighted by molar-refractivity contribution is -0.119. The van der Waals surface area contributed by atoms with Crippen LogP contribution in [0.25, 0.3) is 10.2 Å². The summed E-state index contributed by atoms with van der Waals surface area (Å²) in [5.41, 5.74) is 5.83. The largest absolute Gasteiger partial charge is 0.306 e. The van der Waals surface area contributed by atoms with Crippen LogP contribution in [0, 0.1) is 0 Å². The van der Waals surface area contributed by atoms with Gasteiger partial charge < -0.3 is 4.57 Å². The number of aromatic nitrogens is 4. The highest BCUT2D eigenvalue weighted by Crippen LogP contribution is 2.31. The molecule has 0 spiro atoms. The van der Waals surface area contributed by atoms with Crippen molar-refractivity contribution in [3.05, 3.63) is 52.5 Å². The van der Waals surface area contributed by atoms with Crippen molar-refractivity contribution in [1.29, 1.82) is 0 Å². The number of thioether (sulfide) groups is 2. The number of nitrogens with one attached hydrogen (secondary N) is 2. The number of hydrazine groups is 1. The molecule has 31 heavy (non-hydrogen) atoms. The van der Waals surface area contributed by atoms with Gasteiger partial charge in [-0.1, -0.05) is 41.7 Å². The Morgan fingerprint density at radius 3 is 2.74 bits per heavy atom. The van der Waals surface area contributed by atoms with Crippen LogP contribution < -0.4 is 10.9 Å². The number of rotatable bonds is 8. The zero-order valence-corrected chi connectivity index (χ0v) is 19.7. The maximum atomic E-state index is 12.1. The van der Waals surface area contributed by atoms with Crippen molar-refractivity contribution in [3.8, 4) is 0 Å². The van der Waals surface area contributed by atoms with Crippen molar-refractivity contribution in [2.45, 2.75) is 28.7 Å². The number of hydrogen-bond acceptors (Lipinski definition) is 9. The maximum absolute atomic E-state index is 12.1. The first-order chi connectivity index (χ1) is 15.1. The molecule has 3 heterocycles. The summed E-state index contributed by atoms with van der Waals surface area (Å²) in [5, 5.41) is 11.0. The molecule has 4 aromatic rings. The van der Waals surface area contributed by atoms with Gasteiger partial charge in [0.25, 0.3) is 5.91 Å². The minimum absolute atomic E-state index is 0.119. The van der Waals surface area contributed by atoms with Crippen LogP contribution in [0.3, 0.4) is 0 Å². The number of hydrogen-bond donors (Lipinski definition) is 2. The Labute approximate surface area is 194 Å². The summed E-state index contributed by atoms with van der Waals surface area (Å²) in [6.07, 6.45) is 0. The second kappa shape index (κ2) is 10.3. The average molecular weight is 491 g/mol. The lowest BCUT2D eigenvalue weighted by atomic mass is 10.3. The highest BCUT2D eigenvalue weighted by atomic mass is 32.2. The summed E-state index contributed by atoms with van der Waals surface area (Å²) >= 11 is 5.88. The van der Waals surface area contributed by atoms with E-state index in [9.17, 15) is 9.59 Å². The Bertz CT molecular complexity index is 1150. The number of amides is 2. The molecule has 0 saturated heterocycles. The second-order valence-electron chi connectivity index (χ2n) is 6.15. The SMILES string of the molecule is CCn1c(CSc2nc3ccccc3s2)nnc1SCC(=O)NNC(=O)c1cccs1. The molecule has 3 aromatic heterocycles. The molecule has 0 radical (unpaired) electrons. The predicted octanol–water partition coefficient (Wildman–Crippen LogP) is 3.81. The smallest absolute Gasteiger partial charge is 0.279 e. The van der Waals surface area contributed by atoms with Crippen LogP contribution in [-0.4, -0.2) is 37.3 Å². The first-order valence-corrected chi connectivity index (χ1v) is 13.0. The Kier molecular flexibility index (Phi) is 7.22. The van der Waals surface area contributed by atoms with E-state index in [4.69, 9.17) is 0 Å². The van der Waals surface area contributed by atoms with E-state index in [2.05, 4.69) is 32.1 Å². The molecule has 1 aromatic carbocycles. The van der Waals surface area contributed by atoms with Crippen LogP contribution in [-0.2, 0) is 17.1 Å². The standard InChI is InChI=1S/C19H18N6O2S4/c1-2-25-15(10-30-19-20-12-6-3-4-7-13(12)31-19)21-24-18(25)29-11-16(26)22-23-17(27)14-8-5-9-28-14/h3-9H,2,10-11H2,1H3,(H,22,26)(H,23,27). The van der Waals surface area contributed by atoms with Crippen molar-refractivity contribution in [2.75, 3.05) is 5.75 Å². The van der Waals surface area contributed by atoms with Crippen molar-refractivity contribution in [2.24, 2.45) is 0 Å². The summed E-state index contributed by atoms with van der Waals surface area (Å²) in [4.78, 5) is 29.1. The van der Waals surface area contributed by atoms with Gasteiger partial charge in [0.05, 0.1) is 26.6 Å². The molecule has 0 aliphatic heterocycles. The summed E-state index contributed by atoms with van der Waals surface area (Å²) < 4.78 is 4.14. The van der Waals surface area contributed by atoms with E-state index >= 15 is 0 Å². The topological polar surface area (TPSA) is 102 Å². The summed E-state index contributed by atoms with van der Waals surface area (Å²) in [7, 11) is 0. The van der Waals surface area contributed by atoms with Crippen LogP contribution >= 0.6 is 46.2 Å². The normalized spacial score (nSPS) is 11.0. The van der Waals surface area contributed by atoms with Gasteiger partial charge >= 0.3 is 0 Å². The monoisotopic (exact) mass is 490 g/mol. The molecule has 0 fully saturated rings. The van der Waals surface area contributed by atoms with E-state index in [1.165, 1.54) is 23.1 Å². The Balaban J connectivity index is 1.30. The van der Waals surface area contributed by atoms with Gasteiger partial charge in [0, 0.05) is 6.54 Å². The number of carbonyl (C=O) groups is 2. The van der Waals surface area contributed by atoms with Crippen molar-refractivity contribution >= 4 is 68.2 Å². The molecule has 160 valence electrons. The van der Waals surface area contributed by atoms with E-state index in [1.54, 1.807) is 40.6 Å². The fourth-order valence-corrected chi connectivity index (χ4v) is 6.10. The zero-order chi connectivity index (χ0) is 21.6. The number of nitrogens with zero attached hydrogens (tertiary/aromatic N) is 4. The van der Waals surface area contributed by atoms with Crippen LogP contribution in [0.4, 0.5) is 0 Å². The average Bonchev–Trinajstić information content (AvgIpc) is 3.53. The van der Waals surface area contributed by atoms with Gasteiger partial charge in [0.2, 0.25) is 5.91 Å². The van der Waals surface area contributed by atoms with Gasteiger partial charge in [-0.25, -0.2) is 4.98 Å². The minimum Gasteiger partial charge on any atom is -0.306 e. The Morgan fingerprint density at radius 1 is 1.10 bits per heavy atom. The number of para-hydroxylation sites is 1. The molecule has 0 aliphatic rings. The maximum Gasteiger partial charge on any atom is 0.279 e. The summed E-state index contributed by atoms with van der Waals surface area (Å²) in [6, 6.07) is 11.5. The third-order valence-corrected chi connectivity index (χ3v) is 8.11. The minimum atomic E-state index is -0.334. The van der Waals surface area contributed by atoms with Crippen LogP contribution in [0.5, 0.6) is 0 Å². The van der Waals surface area contributed by atoms with Crippen molar-refractivity contribution in [3.63, 3.8) is 0 Å². The van der Waals surface area contributed by atoms with Gasteiger partial charge in [0.1, 0.15) is 5.82 Å². The lowest BCUT2D eigenvalue weighted by Crippen LogP contribution is -2.42. The summed E-state index contributed by atoms with van der Waals surface area (Å²) in [6.45, 7) is 2.71. The number of carbonyl (C=O) groups excluding carboxylic acids is 2. The fraction of sp³-hybridized carbons (Fsp3) is 0.211. The van der Waals surface area contributed by atoms with Gasteiger partial charge in [-0.15, -0.1) is 32.9 Å². The van der Waals surface area contributed by atoms with Crippen LogP contribution in [0.2, 0.25) is 0 Å².